The van der Waals surface area contributed by atoms with Crippen LogP contribution in [0.15, 0.2) is 10.9 Å². The first kappa shape index (κ1) is 16.1. The van der Waals surface area contributed by atoms with Gasteiger partial charge in [0.15, 0.2) is 0 Å². The van der Waals surface area contributed by atoms with E-state index in [2.05, 4.69) is 15.0 Å². The van der Waals surface area contributed by atoms with Gasteiger partial charge in [0.2, 0.25) is 4.96 Å². The van der Waals surface area contributed by atoms with E-state index in [4.69, 9.17) is 9.47 Å². The number of nitrogens with zero attached hydrogens (tertiary/aromatic N) is 4. The molecule has 0 N–H and O–H groups in total. The Kier molecular flexibility index (Phi) is 4.16. The fourth-order valence-corrected chi connectivity index (χ4v) is 4.76. The van der Waals surface area contributed by atoms with Crippen molar-refractivity contribution in [2.45, 2.75) is 19.9 Å². The molecule has 8 heteroatoms. The lowest BCUT2D eigenvalue weighted by Crippen LogP contribution is -2.35. The predicted octanol–water partition coefficient (Wildman–Crippen LogP) is 0.808. The minimum absolute atomic E-state index is 0.0910. The molecule has 0 bridgehead atoms. The maximum Gasteiger partial charge on any atom is 0.275 e. The summed E-state index contributed by atoms with van der Waals surface area (Å²) in [5.41, 5.74) is 0.813. The zero-order chi connectivity index (χ0) is 16.7. The zero-order valence-electron chi connectivity index (χ0n) is 14.0. The van der Waals surface area contributed by atoms with Gasteiger partial charge in [0.05, 0.1) is 25.5 Å². The molecule has 4 rings (SSSR count). The molecule has 7 nitrogen and oxygen atoms in total. The Balaban J connectivity index is 1.56. The van der Waals surface area contributed by atoms with Crippen LogP contribution < -0.4 is 5.56 Å². The molecular weight excluding hydrogens is 328 g/mol. The highest BCUT2D eigenvalue weighted by Gasteiger charge is 2.50. The number of fused-ring (bicyclic) bond motifs is 2. The van der Waals surface area contributed by atoms with Gasteiger partial charge in [-0.25, -0.2) is 4.98 Å². The van der Waals surface area contributed by atoms with Crippen molar-refractivity contribution in [1.29, 1.82) is 0 Å². The highest BCUT2D eigenvalue weighted by molar-refractivity contribution is 7.16. The van der Waals surface area contributed by atoms with E-state index >= 15 is 0 Å². The van der Waals surface area contributed by atoms with Gasteiger partial charge in [-0.05, 0) is 6.42 Å². The average molecular weight is 350 g/mol. The van der Waals surface area contributed by atoms with Crippen LogP contribution in [0.4, 0.5) is 0 Å². The molecule has 2 atom stereocenters. The van der Waals surface area contributed by atoms with Crippen molar-refractivity contribution in [2.24, 2.45) is 11.3 Å². The van der Waals surface area contributed by atoms with Gasteiger partial charge in [0.25, 0.3) is 5.56 Å². The van der Waals surface area contributed by atoms with Crippen molar-refractivity contribution in [3.63, 3.8) is 0 Å². The van der Waals surface area contributed by atoms with Gasteiger partial charge in [0.1, 0.15) is 5.01 Å². The summed E-state index contributed by atoms with van der Waals surface area (Å²) < 4.78 is 12.5. The van der Waals surface area contributed by atoms with E-state index in [1.807, 2.05) is 6.92 Å². The quantitative estimate of drug-likeness (QED) is 0.795. The van der Waals surface area contributed by atoms with Gasteiger partial charge < -0.3 is 9.47 Å². The van der Waals surface area contributed by atoms with E-state index in [1.165, 1.54) is 15.9 Å². The van der Waals surface area contributed by atoms with Crippen LogP contribution in [-0.4, -0.2) is 59.5 Å². The summed E-state index contributed by atoms with van der Waals surface area (Å²) in [6, 6.07) is 1.61. The molecule has 24 heavy (non-hydrogen) atoms. The number of ether oxygens (including phenoxy) is 2. The van der Waals surface area contributed by atoms with Crippen molar-refractivity contribution in [3.8, 4) is 0 Å². The van der Waals surface area contributed by atoms with Crippen LogP contribution in [0.3, 0.4) is 0 Å². The second kappa shape index (κ2) is 6.18. The summed E-state index contributed by atoms with van der Waals surface area (Å²) in [6.45, 7) is 6.88. The second-order valence-electron chi connectivity index (χ2n) is 6.81. The van der Waals surface area contributed by atoms with Crippen LogP contribution in [0.5, 0.6) is 0 Å². The third-order valence-corrected chi connectivity index (χ3v) is 6.10. The second-order valence-corrected chi connectivity index (χ2v) is 7.85. The van der Waals surface area contributed by atoms with Crippen LogP contribution in [0.25, 0.3) is 4.96 Å². The zero-order valence-corrected chi connectivity index (χ0v) is 14.8. The molecule has 0 radical (unpaired) electrons. The molecule has 2 fully saturated rings. The lowest BCUT2D eigenvalue weighted by Gasteiger charge is -2.26. The maximum absolute atomic E-state index is 12.3. The topological polar surface area (TPSA) is 69.0 Å². The van der Waals surface area contributed by atoms with E-state index in [0.717, 1.165) is 50.0 Å². The Hall–Kier alpha value is -1.35. The maximum atomic E-state index is 12.3. The molecule has 0 amide bonds. The van der Waals surface area contributed by atoms with Gasteiger partial charge in [-0.15, -0.1) is 0 Å². The van der Waals surface area contributed by atoms with Crippen molar-refractivity contribution in [2.75, 3.05) is 40.0 Å². The molecule has 2 aliphatic heterocycles. The summed E-state index contributed by atoms with van der Waals surface area (Å²) in [5.74, 6) is 0.498. The monoisotopic (exact) mass is 350 g/mol. The molecule has 2 aliphatic rings. The number of rotatable bonds is 5. The predicted molar refractivity (Wildman–Crippen MR) is 90.4 cm³/mol. The van der Waals surface area contributed by atoms with Crippen molar-refractivity contribution < 1.29 is 9.47 Å². The average Bonchev–Trinajstić information content (AvgIpc) is 3.19. The first-order valence-corrected chi connectivity index (χ1v) is 9.13. The molecule has 4 heterocycles. The van der Waals surface area contributed by atoms with E-state index in [0.29, 0.717) is 17.4 Å². The Morgan fingerprint density at radius 2 is 2.42 bits per heavy atom. The minimum atomic E-state index is -0.0970. The Morgan fingerprint density at radius 3 is 3.21 bits per heavy atom. The van der Waals surface area contributed by atoms with Gasteiger partial charge in [-0.3, -0.25) is 9.69 Å². The molecule has 0 aromatic carbocycles. The number of likely N-dealkylation sites (tertiary alicyclic amines) is 1. The van der Waals surface area contributed by atoms with Gasteiger partial charge in [0, 0.05) is 44.1 Å². The van der Waals surface area contributed by atoms with Crippen molar-refractivity contribution in [3.05, 3.63) is 27.1 Å². The summed E-state index contributed by atoms with van der Waals surface area (Å²) in [6.07, 6.45) is 0.816. The molecule has 0 saturated carbocycles. The van der Waals surface area contributed by atoms with Crippen LogP contribution >= 0.6 is 11.3 Å². The Labute approximate surface area is 144 Å². The number of methoxy groups -OCH3 is 1. The third-order valence-electron chi connectivity index (χ3n) is 5.05. The minimum Gasteiger partial charge on any atom is -0.384 e. The van der Waals surface area contributed by atoms with E-state index in [1.54, 1.807) is 13.2 Å². The molecule has 2 aromatic rings. The lowest BCUT2D eigenvalue weighted by molar-refractivity contribution is 0.0532. The first-order chi connectivity index (χ1) is 11.6. The SMILES string of the molecule is CCc1nn2c(=O)cc(CN3C[C@H]4COC[C@@]4(COC)C3)nc2s1. The fraction of sp³-hybridized carbons (Fsp3) is 0.688. The summed E-state index contributed by atoms with van der Waals surface area (Å²) >= 11 is 1.49. The number of hydrogen-bond donors (Lipinski definition) is 0. The smallest absolute Gasteiger partial charge is 0.275 e. The highest BCUT2D eigenvalue weighted by atomic mass is 32.1. The third kappa shape index (κ3) is 2.67. The van der Waals surface area contributed by atoms with Crippen LogP contribution in [0.1, 0.15) is 17.6 Å². The normalized spacial score (nSPS) is 27.2. The lowest BCUT2D eigenvalue weighted by atomic mass is 9.82. The van der Waals surface area contributed by atoms with Crippen molar-refractivity contribution in [1.82, 2.24) is 19.5 Å². The molecule has 2 aromatic heterocycles. The number of aryl methyl sites for hydroxylation is 1. The molecule has 0 spiro atoms. The first-order valence-electron chi connectivity index (χ1n) is 8.31. The highest BCUT2D eigenvalue weighted by Crippen LogP contribution is 2.41. The van der Waals surface area contributed by atoms with Gasteiger partial charge in [-0.1, -0.05) is 18.3 Å². The van der Waals surface area contributed by atoms with Gasteiger partial charge in [-0.2, -0.15) is 9.61 Å². The van der Waals surface area contributed by atoms with Crippen LogP contribution in [0, 0.1) is 11.3 Å². The molecule has 0 unspecified atom stereocenters. The van der Waals surface area contributed by atoms with E-state index in [9.17, 15) is 4.79 Å². The van der Waals surface area contributed by atoms with Crippen LogP contribution in [-0.2, 0) is 22.4 Å². The fourth-order valence-electron chi connectivity index (χ4n) is 3.90. The Morgan fingerprint density at radius 1 is 1.54 bits per heavy atom. The number of aromatic nitrogens is 3. The Bertz CT molecular complexity index is 804. The summed E-state index contributed by atoms with van der Waals surface area (Å²) in [5, 5.41) is 5.23. The molecular formula is C16H22N4O3S. The largest absolute Gasteiger partial charge is 0.384 e. The van der Waals surface area contributed by atoms with Crippen LogP contribution in [0.2, 0.25) is 0 Å². The summed E-state index contributed by atoms with van der Waals surface area (Å²) in [7, 11) is 1.75. The standard InChI is InChI=1S/C16H22N4O3S/c1-3-13-18-20-14(21)4-12(17-15(20)24-13)6-19-5-11-7-23-10-16(11,8-19)9-22-2/h4,11H,3,5-10H2,1-2H3/t11-,16-/m0/s1. The number of hydrogen-bond acceptors (Lipinski definition) is 7. The molecule has 130 valence electrons. The van der Waals surface area contributed by atoms with E-state index < -0.39 is 0 Å². The van der Waals surface area contributed by atoms with Gasteiger partial charge >= 0.3 is 0 Å². The molecule has 2 saturated heterocycles. The van der Waals surface area contributed by atoms with Crippen molar-refractivity contribution >= 4 is 16.3 Å². The van der Waals surface area contributed by atoms with E-state index in [-0.39, 0.29) is 11.0 Å². The molecule has 0 aliphatic carbocycles. The summed E-state index contributed by atoms with van der Waals surface area (Å²) in [4.78, 5) is 20.0.